The second kappa shape index (κ2) is 8.35. The minimum absolute atomic E-state index is 0.0123. The molecule has 158 valence electrons. The standard InChI is InChI=1S/C24H24Cl2O4/c1-3-14-11-15(17-8-6-16(25)12-19(17)26)5-7-18(14)21-22(27)20-9-10-24(30-20,23(21)28)13-29-4-2/h5-8,11-12,20,28H,3-4,9-10,13H2,1-2H3. The Hall–Kier alpha value is -1.85. The Morgan fingerprint density at radius 3 is 2.63 bits per heavy atom. The molecule has 2 bridgehead atoms. The van der Waals surface area contributed by atoms with E-state index in [0.717, 1.165) is 22.3 Å². The van der Waals surface area contributed by atoms with Gasteiger partial charge >= 0.3 is 0 Å². The molecule has 0 aromatic heterocycles. The van der Waals surface area contributed by atoms with Crippen molar-refractivity contribution in [3.05, 3.63) is 63.3 Å². The Balaban J connectivity index is 1.81. The first-order chi connectivity index (χ1) is 14.4. The van der Waals surface area contributed by atoms with Gasteiger partial charge in [0.25, 0.3) is 0 Å². The fraction of sp³-hybridized carbons (Fsp3) is 0.375. The third kappa shape index (κ3) is 3.56. The Morgan fingerprint density at radius 2 is 1.93 bits per heavy atom. The Labute approximate surface area is 186 Å². The average molecular weight is 447 g/mol. The second-order valence-corrected chi connectivity index (χ2v) is 8.56. The number of aliphatic hydroxyl groups excluding tert-OH is 1. The van der Waals surface area contributed by atoms with Crippen molar-refractivity contribution in [2.75, 3.05) is 13.2 Å². The lowest BCUT2D eigenvalue weighted by Crippen LogP contribution is -2.43. The van der Waals surface area contributed by atoms with Crippen LogP contribution in [0.5, 0.6) is 0 Å². The largest absolute Gasteiger partial charge is 0.508 e. The summed E-state index contributed by atoms with van der Waals surface area (Å²) in [5.41, 5.74) is 2.92. The molecule has 2 unspecified atom stereocenters. The van der Waals surface area contributed by atoms with Crippen LogP contribution in [0.15, 0.2) is 42.2 Å². The van der Waals surface area contributed by atoms with E-state index in [0.29, 0.717) is 41.5 Å². The lowest BCUT2D eigenvalue weighted by molar-refractivity contribution is -0.138. The van der Waals surface area contributed by atoms with E-state index in [1.54, 1.807) is 12.1 Å². The van der Waals surface area contributed by atoms with Gasteiger partial charge in [-0.2, -0.15) is 0 Å². The second-order valence-electron chi connectivity index (χ2n) is 7.71. The number of ether oxygens (including phenoxy) is 2. The molecule has 30 heavy (non-hydrogen) atoms. The molecule has 2 aliphatic rings. The number of Topliss-reactive ketones (excluding diaryl/α,β-unsaturated/α-hetero) is 1. The van der Waals surface area contributed by atoms with E-state index in [4.69, 9.17) is 32.7 Å². The van der Waals surface area contributed by atoms with Crippen molar-refractivity contribution in [3.8, 4) is 11.1 Å². The molecule has 2 aromatic rings. The van der Waals surface area contributed by atoms with Gasteiger partial charge in [-0.25, -0.2) is 0 Å². The molecule has 0 aliphatic carbocycles. The highest BCUT2D eigenvalue weighted by molar-refractivity contribution is 6.36. The smallest absolute Gasteiger partial charge is 0.195 e. The minimum Gasteiger partial charge on any atom is -0.508 e. The van der Waals surface area contributed by atoms with E-state index >= 15 is 0 Å². The Bertz CT molecular complexity index is 1030. The molecular formula is C24H24Cl2O4. The van der Waals surface area contributed by atoms with Crippen LogP contribution in [0.4, 0.5) is 0 Å². The van der Waals surface area contributed by atoms with E-state index < -0.39 is 11.7 Å². The van der Waals surface area contributed by atoms with Crippen molar-refractivity contribution >= 4 is 34.6 Å². The van der Waals surface area contributed by atoms with Gasteiger partial charge in [0, 0.05) is 22.2 Å². The summed E-state index contributed by atoms with van der Waals surface area (Å²) in [7, 11) is 0. The fourth-order valence-electron chi connectivity index (χ4n) is 4.34. The number of halogens is 2. The summed E-state index contributed by atoms with van der Waals surface area (Å²) in [5.74, 6) is -0.175. The van der Waals surface area contributed by atoms with Crippen molar-refractivity contribution in [3.63, 3.8) is 0 Å². The molecule has 6 heteroatoms. The third-order valence-electron chi connectivity index (χ3n) is 5.92. The highest BCUT2D eigenvalue weighted by atomic mass is 35.5. The number of ketones is 1. The predicted molar refractivity (Wildman–Crippen MR) is 119 cm³/mol. The summed E-state index contributed by atoms with van der Waals surface area (Å²) in [6, 6.07) is 11.2. The average Bonchev–Trinajstić information content (AvgIpc) is 3.14. The van der Waals surface area contributed by atoms with Gasteiger partial charge in [0.15, 0.2) is 5.78 Å². The van der Waals surface area contributed by atoms with Gasteiger partial charge in [-0.15, -0.1) is 0 Å². The summed E-state index contributed by atoms with van der Waals surface area (Å²) in [5, 5.41) is 12.3. The van der Waals surface area contributed by atoms with Crippen LogP contribution in [0.25, 0.3) is 16.7 Å². The Kier molecular flexibility index (Phi) is 5.95. The van der Waals surface area contributed by atoms with Crippen molar-refractivity contribution < 1.29 is 19.4 Å². The fourth-order valence-corrected chi connectivity index (χ4v) is 4.86. The van der Waals surface area contributed by atoms with Crippen molar-refractivity contribution in [2.24, 2.45) is 0 Å². The van der Waals surface area contributed by atoms with Crippen LogP contribution < -0.4 is 0 Å². The van der Waals surface area contributed by atoms with Gasteiger partial charge in [0.1, 0.15) is 17.5 Å². The molecule has 0 amide bonds. The quantitative estimate of drug-likeness (QED) is 0.588. The zero-order chi connectivity index (χ0) is 21.5. The zero-order valence-corrected chi connectivity index (χ0v) is 18.5. The third-order valence-corrected chi connectivity index (χ3v) is 6.47. The van der Waals surface area contributed by atoms with Gasteiger partial charge in [-0.05, 0) is 55.0 Å². The maximum atomic E-state index is 13.1. The normalized spacial score (nSPS) is 23.3. The number of hydrogen-bond acceptors (Lipinski definition) is 4. The van der Waals surface area contributed by atoms with Crippen LogP contribution in [-0.4, -0.2) is 35.8 Å². The highest BCUT2D eigenvalue weighted by Gasteiger charge is 2.53. The monoisotopic (exact) mass is 446 g/mol. The SMILES string of the molecule is CCOCC12CCC(O1)C(=O)C(c1ccc(-c3ccc(Cl)cc3Cl)cc1CC)=C2O. The number of hydrogen-bond donors (Lipinski definition) is 1. The zero-order valence-electron chi connectivity index (χ0n) is 17.0. The molecule has 4 rings (SSSR count). The number of aliphatic hydroxyl groups is 1. The van der Waals surface area contributed by atoms with Crippen LogP contribution in [0.1, 0.15) is 37.8 Å². The van der Waals surface area contributed by atoms with Crippen LogP contribution in [0.3, 0.4) is 0 Å². The maximum Gasteiger partial charge on any atom is 0.195 e. The van der Waals surface area contributed by atoms with Crippen LogP contribution >= 0.6 is 23.2 Å². The van der Waals surface area contributed by atoms with Gasteiger partial charge < -0.3 is 14.6 Å². The van der Waals surface area contributed by atoms with Crippen LogP contribution in [0, 0.1) is 0 Å². The molecule has 2 aromatic carbocycles. The van der Waals surface area contributed by atoms with Crippen molar-refractivity contribution in [1.29, 1.82) is 0 Å². The van der Waals surface area contributed by atoms with Gasteiger partial charge in [0.2, 0.25) is 0 Å². The van der Waals surface area contributed by atoms with Gasteiger partial charge in [-0.1, -0.05) is 54.4 Å². The summed E-state index contributed by atoms with van der Waals surface area (Å²) < 4.78 is 11.5. The summed E-state index contributed by atoms with van der Waals surface area (Å²) >= 11 is 12.4. The van der Waals surface area contributed by atoms with Gasteiger partial charge in [0.05, 0.1) is 12.2 Å². The summed E-state index contributed by atoms with van der Waals surface area (Å²) in [4.78, 5) is 13.1. The first-order valence-electron chi connectivity index (χ1n) is 10.2. The summed E-state index contributed by atoms with van der Waals surface area (Å²) in [6.45, 7) is 4.68. The van der Waals surface area contributed by atoms with E-state index in [1.165, 1.54) is 0 Å². The topological polar surface area (TPSA) is 55.8 Å². The first kappa shape index (κ1) is 21.4. The number of aryl methyl sites for hydroxylation is 1. The van der Waals surface area contributed by atoms with Crippen molar-refractivity contribution in [1.82, 2.24) is 0 Å². The summed E-state index contributed by atoms with van der Waals surface area (Å²) in [6.07, 6.45) is 1.31. The molecule has 1 saturated heterocycles. The number of carbonyl (C=O) groups excluding carboxylic acids is 1. The molecule has 0 radical (unpaired) electrons. The van der Waals surface area contributed by atoms with Crippen LogP contribution in [0.2, 0.25) is 10.0 Å². The molecule has 4 nitrogen and oxygen atoms in total. The molecule has 2 heterocycles. The maximum absolute atomic E-state index is 13.1. The van der Waals surface area contributed by atoms with E-state index in [9.17, 15) is 9.90 Å². The Morgan fingerprint density at radius 1 is 1.17 bits per heavy atom. The molecule has 0 spiro atoms. The molecule has 2 atom stereocenters. The molecule has 2 aliphatic heterocycles. The van der Waals surface area contributed by atoms with E-state index in [2.05, 4.69) is 0 Å². The number of rotatable bonds is 6. The molecule has 0 saturated carbocycles. The lowest BCUT2D eigenvalue weighted by atomic mass is 9.86. The minimum atomic E-state index is -0.937. The number of carbonyl (C=O) groups is 1. The van der Waals surface area contributed by atoms with E-state index in [1.807, 2.05) is 38.1 Å². The van der Waals surface area contributed by atoms with E-state index in [-0.39, 0.29) is 18.1 Å². The molecule has 1 fully saturated rings. The lowest BCUT2D eigenvalue weighted by Gasteiger charge is -2.34. The first-order valence-corrected chi connectivity index (χ1v) is 11.0. The highest BCUT2D eigenvalue weighted by Crippen LogP contribution is 2.46. The van der Waals surface area contributed by atoms with Gasteiger partial charge in [-0.3, -0.25) is 4.79 Å². The predicted octanol–water partition coefficient (Wildman–Crippen LogP) is 6.03. The molecule has 1 N–H and O–H groups in total. The number of fused-ring (bicyclic) bond motifs is 2. The van der Waals surface area contributed by atoms with Crippen molar-refractivity contribution in [2.45, 2.75) is 44.8 Å². The number of benzene rings is 2. The van der Waals surface area contributed by atoms with Crippen LogP contribution in [-0.2, 0) is 20.7 Å². The molecular weight excluding hydrogens is 423 g/mol.